The van der Waals surface area contributed by atoms with E-state index in [-0.39, 0.29) is 0 Å². The summed E-state index contributed by atoms with van der Waals surface area (Å²) < 4.78 is 5.77. The second-order valence-electron chi connectivity index (χ2n) is 9.95. The summed E-state index contributed by atoms with van der Waals surface area (Å²) >= 11 is 0. The number of aromatic hydroxyl groups is 1. The van der Waals surface area contributed by atoms with Crippen molar-refractivity contribution < 1.29 is 9.84 Å². The number of hydrogen-bond acceptors (Lipinski definition) is 2. The van der Waals surface area contributed by atoms with Crippen molar-refractivity contribution in [3.05, 3.63) is 94.1 Å². The van der Waals surface area contributed by atoms with Crippen molar-refractivity contribution in [1.29, 1.82) is 0 Å². The van der Waals surface area contributed by atoms with Crippen molar-refractivity contribution >= 4 is 0 Å². The van der Waals surface area contributed by atoms with Gasteiger partial charge in [-0.15, -0.1) is 0 Å². The zero-order valence-corrected chi connectivity index (χ0v) is 22.9. The molecule has 2 rings (SSSR count). The molecule has 0 saturated carbocycles. The van der Waals surface area contributed by atoms with Crippen molar-refractivity contribution in [2.75, 3.05) is 7.11 Å². The number of ether oxygens (including phenoxy) is 1. The molecule has 0 aliphatic rings. The van der Waals surface area contributed by atoms with Gasteiger partial charge in [-0.05, 0) is 97.3 Å². The van der Waals surface area contributed by atoms with Crippen LogP contribution < -0.4 is 4.74 Å². The molecule has 0 saturated heterocycles. The standard InChI is InChI=1S/C33H44O2/c1-24(2)13-11-15-26(5)19-21-29-31(28-17-9-8-10-18-28)23-32(35-7)30(33(29)34)22-20-27(6)16-12-14-25(3)4/h8-10,13-14,17-20,23,34H,11-12,15-16,21-22H2,1-7H3/b26-19+,27-20+. The maximum Gasteiger partial charge on any atom is 0.126 e. The molecule has 0 amide bonds. The van der Waals surface area contributed by atoms with Crippen LogP contribution in [0.3, 0.4) is 0 Å². The highest BCUT2D eigenvalue weighted by Gasteiger charge is 2.18. The molecule has 0 heterocycles. The van der Waals surface area contributed by atoms with Crippen LogP contribution in [-0.4, -0.2) is 12.2 Å². The Hall–Kier alpha value is -3.00. The van der Waals surface area contributed by atoms with Crippen molar-refractivity contribution in [2.45, 2.75) is 80.1 Å². The Kier molecular flexibility index (Phi) is 11.6. The third kappa shape index (κ3) is 9.28. The smallest absolute Gasteiger partial charge is 0.126 e. The Bertz CT molecular complexity index is 1070. The van der Waals surface area contributed by atoms with Gasteiger partial charge in [0.1, 0.15) is 11.5 Å². The Morgan fingerprint density at radius 1 is 0.743 bits per heavy atom. The van der Waals surface area contributed by atoms with E-state index in [9.17, 15) is 5.11 Å². The van der Waals surface area contributed by atoms with Gasteiger partial charge < -0.3 is 9.84 Å². The minimum atomic E-state index is 0.352. The lowest BCUT2D eigenvalue weighted by molar-refractivity contribution is 0.400. The summed E-state index contributed by atoms with van der Waals surface area (Å²) in [6, 6.07) is 12.4. The minimum Gasteiger partial charge on any atom is -0.507 e. The summed E-state index contributed by atoms with van der Waals surface area (Å²) in [7, 11) is 1.69. The third-order valence-electron chi connectivity index (χ3n) is 6.27. The van der Waals surface area contributed by atoms with Gasteiger partial charge in [-0.3, -0.25) is 0 Å². The normalized spacial score (nSPS) is 11.9. The first kappa shape index (κ1) is 28.2. The van der Waals surface area contributed by atoms with Crippen LogP contribution in [0.5, 0.6) is 11.5 Å². The largest absolute Gasteiger partial charge is 0.507 e. The first-order valence-corrected chi connectivity index (χ1v) is 12.8. The second-order valence-corrected chi connectivity index (χ2v) is 9.95. The van der Waals surface area contributed by atoms with E-state index in [0.29, 0.717) is 18.6 Å². The highest BCUT2D eigenvalue weighted by Crippen LogP contribution is 2.40. The molecule has 0 aliphatic carbocycles. The molecular weight excluding hydrogens is 428 g/mol. The van der Waals surface area contributed by atoms with Crippen molar-refractivity contribution in [2.24, 2.45) is 0 Å². The zero-order valence-electron chi connectivity index (χ0n) is 22.9. The fourth-order valence-electron chi connectivity index (χ4n) is 4.13. The lowest BCUT2D eigenvalue weighted by atomic mass is 9.91. The van der Waals surface area contributed by atoms with Gasteiger partial charge in [0, 0.05) is 11.1 Å². The summed E-state index contributed by atoms with van der Waals surface area (Å²) in [5.74, 6) is 1.09. The molecule has 2 aromatic carbocycles. The van der Waals surface area contributed by atoms with Crippen LogP contribution in [0.1, 0.15) is 78.4 Å². The van der Waals surface area contributed by atoms with Crippen LogP contribution in [0, 0.1) is 0 Å². The van der Waals surface area contributed by atoms with Gasteiger partial charge in [0.05, 0.1) is 7.11 Å². The van der Waals surface area contributed by atoms with Crippen LogP contribution in [0.15, 0.2) is 83.0 Å². The molecular formula is C33H44O2. The average Bonchev–Trinajstić information content (AvgIpc) is 2.82. The van der Waals surface area contributed by atoms with Crippen LogP contribution >= 0.6 is 0 Å². The summed E-state index contributed by atoms with van der Waals surface area (Å²) in [5.41, 5.74) is 9.31. The molecule has 0 unspecified atom stereocenters. The Morgan fingerprint density at radius 2 is 1.26 bits per heavy atom. The van der Waals surface area contributed by atoms with Gasteiger partial charge in [0.25, 0.3) is 0 Å². The topological polar surface area (TPSA) is 29.5 Å². The summed E-state index contributed by atoms with van der Waals surface area (Å²) in [6.45, 7) is 12.9. The highest BCUT2D eigenvalue weighted by atomic mass is 16.5. The molecule has 0 fully saturated rings. The van der Waals surface area contributed by atoms with Gasteiger partial charge in [0.15, 0.2) is 0 Å². The van der Waals surface area contributed by atoms with Crippen molar-refractivity contribution in [1.82, 2.24) is 0 Å². The van der Waals surface area contributed by atoms with E-state index < -0.39 is 0 Å². The summed E-state index contributed by atoms with van der Waals surface area (Å²) in [4.78, 5) is 0. The number of phenols is 1. The van der Waals surface area contributed by atoms with Crippen LogP contribution in [0.4, 0.5) is 0 Å². The molecule has 0 spiro atoms. The Labute approximate surface area is 213 Å². The molecule has 2 heteroatoms. The molecule has 35 heavy (non-hydrogen) atoms. The zero-order chi connectivity index (χ0) is 25.8. The monoisotopic (exact) mass is 472 g/mol. The van der Waals surface area contributed by atoms with Gasteiger partial charge in [-0.2, -0.15) is 0 Å². The third-order valence-corrected chi connectivity index (χ3v) is 6.27. The highest BCUT2D eigenvalue weighted by molar-refractivity contribution is 5.74. The molecule has 0 atom stereocenters. The fourth-order valence-corrected chi connectivity index (χ4v) is 4.13. The molecule has 2 aromatic rings. The minimum absolute atomic E-state index is 0.352. The second kappa shape index (κ2) is 14.4. The first-order valence-electron chi connectivity index (χ1n) is 12.8. The van der Waals surface area contributed by atoms with E-state index in [1.165, 1.54) is 22.3 Å². The van der Waals surface area contributed by atoms with Gasteiger partial charge in [-0.25, -0.2) is 0 Å². The summed E-state index contributed by atoms with van der Waals surface area (Å²) in [6.07, 6.45) is 14.5. The van der Waals surface area contributed by atoms with E-state index in [4.69, 9.17) is 4.74 Å². The van der Waals surface area contributed by atoms with Crippen LogP contribution in [-0.2, 0) is 12.8 Å². The van der Waals surface area contributed by atoms with E-state index in [1.807, 2.05) is 18.2 Å². The van der Waals surface area contributed by atoms with Crippen molar-refractivity contribution in [3.63, 3.8) is 0 Å². The average molecular weight is 473 g/mol. The maximum absolute atomic E-state index is 11.5. The molecule has 2 nitrogen and oxygen atoms in total. The molecule has 1 N–H and O–H groups in total. The summed E-state index contributed by atoms with van der Waals surface area (Å²) in [5, 5.41) is 11.5. The number of benzene rings is 2. The van der Waals surface area contributed by atoms with Gasteiger partial charge in [-0.1, -0.05) is 76.9 Å². The lowest BCUT2D eigenvalue weighted by Gasteiger charge is -2.18. The maximum atomic E-state index is 11.5. The predicted molar refractivity (Wildman–Crippen MR) is 152 cm³/mol. The van der Waals surface area contributed by atoms with Gasteiger partial charge in [0.2, 0.25) is 0 Å². The number of phenolic OH excluding ortho intramolecular Hbond substituents is 1. The van der Waals surface area contributed by atoms with Crippen LogP contribution in [0.2, 0.25) is 0 Å². The fraction of sp³-hybridized carbons (Fsp3) is 0.394. The van der Waals surface area contributed by atoms with Crippen molar-refractivity contribution in [3.8, 4) is 22.6 Å². The molecule has 0 radical (unpaired) electrons. The van der Waals surface area contributed by atoms with E-state index in [0.717, 1.165) is 53.7 Å². The molecule has 0 aromatic heterocycles. The number of rotatable bonds is 12. The molecule has 0 aliphatic heterocycles. The quantitative estimate of drug-likeness (QED) is 0.312. The lowest BCUT2D eigenvalue weighted by Crippen LogP contribution is -1.99. The molecule has 0 bridgehead atoms. The Balaban J connectivity index is 2.43. The van der Waals surface area contributed by atoms with Gasteiger partial charge >= 0.3 is 0 Å². The van der Waals surface area contributed by atoms with E-state index in [2.05, 4.69) is 84.0 Å². The Morgan fingerprint density at radius 3 is 1.74 bits per heavy atom. The first-order chi connectivity index (χ1) is 16.7. The molecule has 188 valence electrons. The number of methoxy groups -OCH3 is 1. The number of allylic oxidation sites excluding steroid dienone is 8. The van der Waals surface area contributed by atoms with E-state index in [1.54, 1.807) is 7.11 Å². The van der Waals surface area contributed by atoms with E-state index >= 15 is 0 Å². The van der Waals surface area contributed by atoms with Crippen LogP contribution in [0.25, 0.3) is 11.1 Å². The SMILES string of the molecule is COc1cc(-c2ccccc2)c(C/C=C(\C)CCC=C(C)C)c(O)c1C/C=C(\C)CCC=C(C)C. The number of hydrogen-bond donors (Lipinski definition) is 1. The predicted octanol–water partition coefficient (Wildman–Crippen LogP) is 9.54.